The number of carbonyl (C=O) groups excluding carboxylic acids is 1. The molecule has 6 heteroatoms. The van der Waals surface area contributed by atoms with Crippen molar-refractivity contribution >= 4 is 5.91 Å². The Morgan fingerprint density at radius 1 is 1.03 bits per heavy atom. The number of benzene rings is 1. The van der Waals surface area contributed by atoms with Crippen molar-refractivity contribution in [2.45, 2.75) is 97.4 Å². The zero-order valence-electron chi connectivity index (χ0n) is 24.6. The Balaban J connectivity index is 1.51. The molecule has 2 unspecified atom stereocenters. The molecule has 2 heterocycles. The molecule has 0 radical (unpaired) electrons. The lowest BCUT2D eigenvalue weighted by Gasteiger charge is -2.49. The summed E-state index contributed by atoms with van der Waals surface area (Å²) in [6.45, 7) is 17.1. The van der Waals surface area contributed by atoms with Crippen LogP contribution in [-0.2, 0) is 4.79 Å². The first-order valence-electron chi connectivity index (χ1n) is 15.3. The molecule has 0 spiro atoms. The molecule has 2 saturated heterocycles. The van der Waals surface area contributed by atoms with Gasteiger partial charge >= 0.3 is 0 Å². The van der Waals surface area contributed by atoms with Gasteiger partial charge < -0.3 is 9.80 Å². The van der Waals surface area contributed by atoms with Gasteiger partial charge in [0.25, 0.3) is 0 Å². The minimum absolute atomic E-state index is 0.119. The lowest BCUT2D eigenvalue weighted by Crippen LogP contribution is -2.50. The Bertz CT molecular complexity index is 927. The molecule has 0 aromatic heterocycles. The van der Waals surface area contributed by atoms with Crippen LogP contribution in [0.5, 0.6) is 0 Å². The maximum atomic E-state index is 14.9. The average molecular weight is 532 g/mol. The maximum absolute atomic E-state index is 14.9. The summed E-state index contributed by atoms with van der Waals surface area (Å²) in [4.78, 5) is 21.0. The highest BCUT2D eigenvalue weighted by Crippen LogP contribution is 2.49. The second kappa shape index (κ2) is 12.3. The highest BCUT2D eigenvalue weighted by molar-refractivity contribution is 5.81. The van der Waals surface area contributed by atoms with Crippen molar-refractivity contribution in [3.63, 3.8) is 0 Å². The van der Waals surface area contributed by atoms with Crippen LogP contribution in [0.2, 0.25) is 0 Å². The van der Waals surface area contributed by atoms with E-state index in [1.807, 2.05) is 0 Å². The molecule has 0 N–H and O–H groups in total. The van der Waals surface area contributed by atoms with E-state index in [1.165, 1.54) is 44.6 Å². The number of hydrogen-bond donors (Lipinski definition) is 0. The van der Waals surface area contributed by atoms with Gasteiger partial charge in [0.2, 0.25) is 5.91 Å². The van der Waals surface area contributed by atoms with Gasteiger partial charge in [-0.25, -0.2) is 8.78 Å². The van der Waals surface area contributed by atoms with Crippen molar-refractivity contribution in [2.75, 3.05) is 45.8 Å². The number of halogens is 2. The molecule has 4 rings (SSSR count). The molecule has 1 aromatic rings. The van der Waals surface area contributed by atoms with Gasteiger partial charge in [0.1, 0.15) is 11.6 Å². The summed E-state index contributed by atoms with van der Waals surface area (Å²) in [7, 11) is 0. The number of piperidine rings is 1. The van der Waals surface area contributed by atoms with Crippen LogP contribution in [0.25, 0.3) is 0 Å². The second-order valence-electron chi connectivity index (χ2n) is 13.3. The molecule has 3 fully saturated rings. The number of hydrogen-bond acceptors (Lipinski definition) is 3. The molecule has 2 atom stereocenters. The highest BCUT2D eigenvalue weighted by Gasteiger charge is 2.47. The maximum Gasteiger partial charge on any atom is 0.227 e. The van der Waals surface area contributed by atoms with Gasteiger partial charge in [-0.1, -0.05) is 39.2 Å². The monoisotopic (exact) mass is 531 g/mol. The van der Waals surface area contributed by atoms with Gasteiger partial charge in [0.15, 0.2) is 0 Å². The van der Waals surface area contributed by atoms with Crippen LogP contribution in [-0.4, -0.2) is 72.0 Å². The van der Waals surface area contributed by atoms with Crippen molar-refractivity contribution < 1.29 is 13.6 Å². The summed E-state index contributed by atoms with van der Waals surface area (Å²) < 4.78 is 28.6. The Morgan fingerprint density at radius 2 is 1.68 bits per heavy atom. The molecule has 38 heavy (non-hydrogen) atoms. The van der Waals surface area contributed by atoms with Gasteiger partial charge in [-0.15, -0.1) is 0 Å². The van der Waals surface area contributed by atoms with Crippen molar-refractivity contribution in [3.05, 3.63) is 35.4 Å². The van der Waals surface area contributed by atoms with E-state index in [2.05, 4.69) is 49.3 Å². The summed E-state index contributed by atoms with van der Waals surface area (Å²) in [6.07, 6.45) is 10.1. The minimum atomic E-state index is -0.570. The van der Waals surface area contributed by atoms with E-state index in [0.29, 0.717) is 24.1 Å². The number of likely N-dealkylation sites (tertiary alicyclic amines) is 2. The summed E-state index contributed by atoms with van der Waals surface area (Å²) >= 11 is 0. The van der Waals surface area contributed by atoms with Crippen molar-refractivity contribution in [1.82, 2.24) is 14.7 Å². The fraction of sp³-hybridized carbons (Fsp3) is 0.781. The smallest absolute Gasteiger partial charge is 0.227 e. The predicted octanol–water partition coefficient (Wildman–Crippen LogP) is 6.70. The largest absolute Gasteiger partial charge is 0.342 e. The molecule has 1 saturated carbocycles. The number of nitrogens with zero attached hydrogens (tertiary/aromatic N) is 3. The fourth-order valence-electron chi connectivity index (χ4n) is 7.62. The fourth-order valence-corrected chi connectivity index (χ4v) is 7.62. The molecule has 214 valence electrons. The van der Waals surface area contributed by atoms with E-state index >= 15 is 0 Å². The van der Waals surface area contributed by atoms with E-state index in [-0.39, 0.29) is 23.3 Å². The van der Waals surface area contributed by atoms with Gasteiger partial charge in [-0.05, 0) is 95.5 Å². The predicted molar refractivity (Wildman–Crippen MR) is 151 cm³/mol. The van der Waals surface area contributed by atoms with Crippen molar-refractivity contribution in [1.29, 1.82) is 0 Å². The molecular formula is C32H51F2N3O. The molecule has 4 nitrogen and oxygen atoms in total. The second-order valence-corrected chi connectivity index (χ2v) is 13.3. The van der Waals surface area contributed by atoms with E-state index in [9.17, 15) is 13.6 Å². The standard InChI is InChI=1S/C32H51F2N3O/c1-6-35(7-2)18-15-32(24-11-9-8-10-12-24)16-19-36(20-17-32)30(38)28-23-37(31(3,4)5)22-27(28)26-14-13-25(33)21-29(26)34/h13-14,21,24,27-28H,6-12,15-20,22-23H2,1-5H3. The molecule has 2 aliphatic heterocycles. The summed E-state index contributed by atoms with van der Waals surface area (Å²) in [5.41, 5.74) is 0.686. The zero-order chi connectivity index (χ0) is 27.5. The lowest BCUT2D eigenvalue weighted by molar-refractivity contribution is -0.139. The molecule has 1 amide bonds. The summed E-state index contributed by atoms with van der Waals surface area (Å²) in [5.74, 6) is -0.726. The van der Waals surface area contributed by atoms with Crippen LogP contribution in [0, 0.1) is 28.9 Å². The molecule has 1 aromatic carbocycles. The van der Waals surface area contributed by atoms with Crippen LogP contribution in [0.15, 0.2) is 18.2 Å². The molecule has 1 aliphatic carbocycles. The lowest BCUT2D eigenvalue weighted by atomic mass is 9.62. The Labute approximate surface area is 230 Å². The SMILES string of the molecule is CCN(CC)CCC1(C2CCCCC2)CCN(C(=O)C2CN(C(C)(C)C)CC2c2ccc(F)cc2F)CC1. The van der Waals surface area contributed by atoms with Gasteiger partial charge in [0, 0.05) is 43.7 Å². The quantitative estimate of drug-likeness (QED) is 0.373. The average Bonchev–Trinajstić information content (AvgIpc) is 3.36. The molecule has 3 aliphatic rings. The number of amides is 1. The minimum Gasteiger partial charge on any atom is -0.342 e. The third kappa shape index (κ3) is 6.43. The summed E-state index contributed by atoms with van der Waals surface area (Å²) in [6, 6.07) is 3.85. The third-order valence-corrected chi connectivity index (χ3v) is 10.3. The van der Waals surface area contributed by atoms with Crippen LogP contribution in [0.4, 0.5) is 8.78 Å². The van der Waals surface area contributed by atoms with Crippen LogP contribution in [0.1, 0.15) is 97.5 Å². The number of carbonyl (C=O) groups is 1. The first kappa shape index (κ1) is 29.5. The van der Waals surface area contributed by atoms with E-state index < -0.39 is 11.6 Å². The van der Waals surface area contributed by atoms with E-state index in [0.717, 1.165) is 57.5 Å². The Hall–Kier alpha value is -1.53. The topological polar surface area (TPSA) is 26.8 Å². The first-order chi connectivity index (χ1) is 18.1. The summed E-state index contributed by atoms with van der Waals surface area (Å²) in [5, 5.41) is 0. The van der Waals surface area contributed by atoms with Crippen molar-refractivity contribution in [3.8, 4) is 0 Å². The van der Waals surface area contributed by atoms with Crippen LogP contribution >= 0.6 is 0 Å². The van der Waals surface area contributed by atoms with E-state index in [4.69, 9.17) is 0 Å². The molecular weight excluding hydrogens is 480 g/mol. The van der Waals surface area contributed by atoms with Gasteiger partial charge in [0.05, 0.1) is 5.92 Å². The van der Waals surface area contributed by atoms with E-state index in [1.54, 1.807) is 6.07 Å². The van der Waals surface area contributed by atoms with Crippen LogP contribution < -0.4 is 0 Å². The third-order valence-electron chi connectivity index (χ3n) is 10.3. The van der Waals surface area contributed by atoms with Crippen LogP contribution in [0.3, 0.4) is 0 Å². The van der Waals surface area contributed by atoms with Gasteiger partial charge in [-0.3, -0.25) is 9.69 Å². The first-order valence-corrected chi connectivity index (χ1v) is 15.3. The van der Waals surface area contributed by atoms with Crippen molar-refractivity contribution in [2.24, 2.45) is 17.3 Å². The Kier molecular flexibility index (Phi) is 9.55. The highest BCUT2D eigenvalue weighted by atomic mass is 19.1. The number of rotatable bonds is 8. The normalized spacial score (nSPS) is 25.3. The molecule has 0 bridgehead atoms. The Morgan fingerprint density at radius 3 is 2.26 bits per heavy atom. The van der Waals surface area contributed by atoms with Gasteiger partial charge in [-0.2, -0.15) is 0 Å². The zero-order valence-corrected chi connectivity index (χ0v) is 24.6.